The molecular weight excluding hydrogens is 218 g/mol. The van der Waals surface area contributed by atoms with Crippen molar-refractivity contribution in [3.05, 3.63) is 28.8 Å². The predicted molar refractivity (Wildman–Crippen MR) is 78.3 cm³/mol. The molecule has 1 unspecified atom stereocenters. The summed E-state index contributed by atoms with van der Waals surface area (Å²) in [7, 11) is 0. The third-order valence-corrected chi connectivity index (χ3v) is 5.32. The lowest BCUT2D eigenvalue weighted by Crippen LogP contribution is -2.54. The molecule has 18 heavy (non-hydrogen) atoms. The number of piperidine rings is 2. The molecule has 0 amide bonds. The van der Waals surface area contributed by atoms with E-state index in [1.165, 1.54) is 48.1 Å². The van der Waals surface area contributed by atoms with Gasteiger partial charge in [0, 0.05) is 17.8 Å². The highest BCUT2D eigenvalue weighted by Gasteiger charge is 2.39. The van der Waals surface area contributed by atoms with Gasteiger partial charge in [-0.1, -0.05) is 6.07 Å². The van der Waals surface area contributed by atoms with Gasteiger partial charge in [0.25, 0.3) is 0 Å². The van der Waals surface area contributed by atoms with E-state index >= 15 is 0 Å². The average molecular weight is 243 g/mol. The van der Waals surface area contributed by atoms with Gasteiger partial charge in [0.15, 0.2) is 0 Å². The topological polar surface area (TPSA) is 3.24 Å². The summed E-state index contributed by atoms with van der Waals surface area (Å²) in [4.78, 5) is 2.74. The average Bonchev–Trinajstić information content (AvgIpc) is 2.36. The highest BCUT2D eigenvalue weighted by Crippen LogP contribution is 2.43. The SMILES string of the molecule is Cc1cc(C)c(C)c(N2C3CCC(CC3)C2C)c1. The maximum absolute atomic E-state index is 2.74. The van der Waals surface area contributed by atoms with Gasteiger partial charge in [-0.3, -0.25) is 0 Å². The lowest BCUT2D eigenvalue weighted by molar-refractivity contribution is 0.200. The lowest BCUT2D eigenvalue weighted by Gasteiger charge is -2.52. The fourth-order valence-electron chi connectivity index (χ4n) is 4.12. The van der Waals surface area contributed by atoms with Crippen LogP contribution < -0.4 is 4.90 Å². The molecule has 2 bridgehead atoms. The molecule has 3 fully saturated rings. The van der Waals surface area contributed by atoms with Crippen molar-refractivity contribution < 1.29 is 0 Å². The first-order valence-corrected chi connectivity index (χ1v) is 7.44. The smallest absolute Gasteiger partial charge is 0.0406 e. The number of rotatable bonds is 1. The minimum atomic E-state index is 0.734. The van der Waals surface area contributed by atoms with E-state index in [-0.39, 0.29) is 0 Å². The van der Waals surface area contributed by atoms with Gasteiger partial charge in [0.05, 0.1) is 0 Å². The van der Waals surface area contributed by atoms with Crippen LogP contribution in [-0.4, -0.2) is 12.1 Å². The number of anilines is 1. The number of benzene rings is 1. The maximum Gasteiger partial charge on any atom is 0.0406 e. The van der Waals surface area contributed by atoms with Crippen LogP contribution in [0.3, 0.4) is 0 Å². The van der Waals surface area contributed by atoms with E-state index in [4.69, 9.17) is 0 Å². The molecule has 1 aliphatic carbocycles. The molecule has 2 heterocycles. The van der Waals surface area contributed by atoms with Crippen molar-refractivity contribution in [3.63, 3.8) is 0 Å². The van der Waals surface area contributed by atoms with Crippen LogP contribution >= 0.6 is 0 Å². The van der Waals surface area contributed by atoms with Crippen LogP contribution in [0.5, 0.6) is 0 Å². The van der Waals surface area contributed by atoms with Gasteiger partial charge in [0.1, 0.15) is 0 Å². The van der Waals surface area contributed by atoms with Crippen molar-refractivity contribution in [2.75, 3.05) is 4.90 Å². The van der Waals surface area contributed by atoms with Crippen molar-refractivity contribution in [2.45, 2.75) is 65.5 Å². The third-order valence-electron chi connectivity index (χ3n) is 5.32. The first kappa shape index (κ1) is 12.1. The van der Waals surface area contributed by atoms with Gasteiger partial charge < -0.3 is 4.90 Å². The molecule has 0 N–H and O–H groups in total. The molecule has 1 aromatic carbocycles. The van der Waals surface area contributed by atoms with Gasteiger partial charge >= 0.3 is 0 Å². The molecule has 98 valence electrons. The van der Waals surface area contributed by atoms with Gasteiger partial charge in [0.2, 0.25) is 0 Å². The lowest BCUT2D eigenvalue weighted by atomic mass is 9.74. The Balaban J connectivity index is 2.04. The van der Waals surface area contributed by atoms with Crippen LogP contribution in [0.1, 0.15) is 49.3 Å². The van der Waals surface area contributed by atoms with Crippen molar-refractivity contribution >= 4 is 5.69 Å². The summed E-state index contributed by atoms with van der Waals surface area (Å²) in [5.74, 6) is 0.926. The molecule has 1 aromatic rings. The summed E-state index contributed by atoms with van der Waals surface area (Å²) in [6.45, 7) is 9.20. The molecule has 1 nitrogen and oxygen atoms in total. The van der Waals surface area contributed by atoms with Crippen LogP contribution in [-0.2, 0) is 0 Å². The predicted octanol–water partition coefficient (Wildman–Crippen LogP) is 4.38. The van der Waals surface area contributed by atoms with Crippen LogP contribution in [0.15, 0.2) is 12.1 Å². The minimum absolute atomic E-state index is 0.734. The molecular formula is C17H25N. The molecule has 2 saturated heterocycles. The second-order valence-corrected chi connectivity index (χ2v) is 6.44. The summed E-state index contributed by atoms with van der Waals surface area (Å²) in [6.07, 6.45) is 5.71. The number of nitrogens with zero attached hydrogens (tertiary/aromatic N) is 1. The Hall–Kier alpha value is -0.980. The Morgan fingerprint density at radius 1 is 1.00 bits per heavy atom. The van der Waals surface area contributed by atoms with Crippen LogP contribution in [0.25, 0.3) is 0 Å². The summed E-state index contributed by atoms with van der Waals surface area (Å²) < 4.78 is 0. The minimum Gasteiger partial charge on any atom is -0.365 e. The molecule has 0 radical (unpaired) electrons. The molecule has 3 aliphatic rings. The van der Waals surface area contributed by atoms with E-state index in [1.54, 1.807) is 0 Å². The molecule has 1 atom stereocenters. The van der Waals surface area contributed by atoms with E-state index in [9.17, 15) is 0 Å². The Morgan fingerprint density at radius 3 is 2.28 bits per heavy atom. The summed E-state index contributed by atoms with van der Waals surface area (Å²) in [5.41, 5.74) is 5.84. The van der Waals surface area contributed by atoms with E-state index in [0.29, 0.717) is 0 Å². The summed E-state index contributed by atoms with van der Waals surface area (Å²) >= 11 is 0. The Bertz CT molecular complexity index is 453. The zero-order valence-electron chi connectivity index (χ0n) is 12.2. The van der Waals surface area contributed by atoms with E-state index in [0.717, 1.165) is 18.0 Å². The van der Waals surface area contributed by atoms with Gasteiger partial charge in [-0.15, -0.1) is 0 Å². The Morgan fingerprint density at radius 2 is 1.67 bits per heavy atom. The summed E-state index contributed by atoms with van der Waals surface area (Å²) in [5, 5.41) is 0. The summed E-state index contributed by atoms with van der Waals surface area (Å²) in [6, 6.07) is 6.24. The largest absolute Gasteiger partial charge is 0.365 e. The van der Waals surface area contributed by atoms with Gasteiger partial charge in [-0.05, 0) is 82.1 Å². The number of hydrogen-bond acceptors (Lipinski definition) is 1. The van der Waals surface area contributed by atoms with Crippen LogP contribution in [0.2, 0.25) is 0 Å². The van der Waals surface area contributed by atoms with E-state index in [2.05, 4.69) is 44.7 Å². The molecule has 4 rings (SSSR count). The van der Waals surface area contributed by atoms with Crippen LogP contribution in [0.4, 0.5) is 5.69 Å². The molecule has 0 spiro atoms. The van der Waals surface area contributed by atoms with Crippen molar-refractivity contribution in [1.29, 1.82) is 0 Å². The first-order chi connectivity index (χ1) is 8.58. The second kappa shape index (κ2) is 4.29. The quantitative estimate of drug-likeness (QED) is 0.707. The van der Waals surface area contributed by atoms with Crippen molar-refractivity contribution in [1.82, 2.24) is 0 Å². The van der Waals surface area contributed by atoms with E-state index < -0.39 is 0 Å². The zero-order chi connectivity index (χ0) is 12.9. The van der Waals surface area contributed by atoms with Crippen molar-refractivity contribution in [2.24, 2.45) is 5.92 Å². The number of fused-ring (bicyclic) bond motifs is 3. The Kier molecular flexibility index (Phi) is 2.88. The maximum atomic E-state index is 2.74. The standard InChI is InChI=1S/C17H25N/c1-11-9-12(2)13(3)17(10-11)18-14(4)15-5-7-16(18)8-6-15/h9-10,14-16H,5-8H2,1-4H3. The number of hydrogen-bond donors (Lipinski definition) is 0. The van der Waals surface area contributed by atoms with E-state index in [1.807, 2.05) is 0 Å². The highest BCUT2D eigenvalue weighted by atomic mass is 15.2. The first-order valence-electron chi connectivity index (χ1n) is 7.44. The van der Waals surface area contributed by atoms with Crippen molar-refractivity contribution in [3.8, 4) is 0 Å². The highest BCUT2D eigenvalue weighted by molar-refractivity contribution is 5.60. The molecule has 1 heteroatoms. The fourth-order valence-corrected chi connectivity index (χ4v) is 4.12. The monoisotopic (exact) mass is 243 g/mol. The molecule has 0 aromatic heterocycles. The second-order valence-electron chi connectivity index (χ2n) is 6.44. The Labute approximate surface area is 111 Å². The van der Waals surface area contributed by atoms with Gasteiger partial charge in [-0.2, -0.15) is 0 Å². The normalized spacial score (nSPS) is 30.9. The number of aryl methyl sites for hydroxylation is 2. The molecule has 1 saturated carbocycles. The van der Waals surface area contributed by atoms with Gasteiger partial charge in [-0.25, -0.2) is 0 Å². The third kappa shape index (κ3) is 1.75. The molecule has 2 aliphatic heterocycles. The van der Waals surface area contributed by atoms with Crippen LogP contribution in [0, 0.1) is 26.7 Å². The fraction of sp³-hybridized carbons (Fsp3) is 0.647. The zero-order valence-corrected chi connectivity index (χ0v) is 12.2.